The maximum atomic E-state index is 11.9. The molecular formula is C15H21NO3. The first-order valence-corrected chi connectivity index (χ1v) is 6.75. The first-order chi connectivity index (χ1) is 9.18. The highest BCUT2D eigenvalue weighted by Crippen LogP contribution is 2.32. The van der Waals surface area contributed by atoms with E-state index < -0.39 is 0 Å². The van der Waals surface area contributed by atoms with Crippen molar-refractivity contribution in [2.75, 3.05) is 33.9 Å². The predicted molar refractivity (Wildman–Crippen MR) is 74.2 cm³/mol. The number of Topliss-reactive ketones (excluding diaryl/α,β-unsaturated/α-hetero) is 1. The van der Waals surface area contributed by atoms with Crippen molar-refractivity contribution in [2.45, 2.75) is 19.3 Å². The number of fused-ring (bicyclic) bond motifs is 1. The monoisotopic (exact) mass is 263 g/mol. The van der Waals surface area contributed by atoms with Gasteiger partial charge in [0, 0.05) is 6.42 Å². The number of hydrogen-bond donors (Lipinski definition) is 0. The van der Waals surface area contributed by atoms with Crippen molar-refractivity contribution < 1.29 is 14.3 Å². The van der Waals surface area contributed by atoms with Crippen molar-refractivity contribution in [3.63, 3.8) is 0 Å². The van der Waals surface area contributed by atoms with Gasteiger partial charge in [-0.25, -0.2) is 0 Å². The fourth-order valence-electron chi connectivity index (χ4n) is 2.12. The maximum absolute atomic E-state index is 11.9. The van der Waals surface area contributed by atoms with Gasteiger partial charge in [-0.3, -0.25) is 4.79 Å². The van der Waals surface area contributed by atoms with E-state index in [9.17, 15) is 4.79 Å². The Morgan fingerprint density at radius 3 is 2.95 bits per heavy atom. The van der Waals surface area contributed by atoms with Gasteiger partial charge in [-0.15, -0.1) is 0 Å². The molecule has 0 bridgehead atoms. The van der Waals surface area contributed by atoms with Gasteiger partial charge >= 0.3 is 0 Å². The number of ether oxygens (including phenoxy) is 2. The molecule has 4 nitrogen and oxygen atoms in total. The lowest BCUT2D eigenvalue weighted by atomic mass is 10.0. The molecule has 0 atom stereocenters. The van der Waals surface area contributed by atoms with Crippen LogP contribution in [0.25, 0.3) is 0 Å². The van der Waals surface area contributed by atoms with Gasteiger partial charge < -0.3 is 14.4 Å². The minimum atomic E-state index is 0.116. The van der Waals surface area contributed by atoms with Gasteiger partial charge in [-0.1, -0.05) is 6.07 Å². The number of carbonyl (C=O) groups is 1. The largest absolute Gasteiger partial charge is 0.493 e. The third kappa shape index (κ3) is 3.70. The molecule has 0 aromatic heterocycles. The summed E-state index contributed by atoms with van der Waals surface area (Å²) in [5, 5.41) is 0. The van der Waals surface area contributed by atoms with E-state index in [0.29, 0.717) is 36.7 Å². The number of nitrogens with zero attached hydrogens (tertiary/aromatic N) is 1. The smallest absolute Gasteiger partial charge is 0.173 e. The van der Waals surface area contributed by atoms with Crippen LogP contribution >= 0.6 is 0 Å². The highest BCUT2D eigenvalue weighted by atomic mass is 16.5. The zero-order valence-electron chi connectivity index (χ0n) is 11.6. The standard InChI is InChI=1S/C15H21NO3/c1-16(2)9-3-4-10-18-13-6-5-7-14-15(13)12(17)8-11-19-14/h5-7H,3-4,8-11H2,1-2H3. The molecule has 0 radical (unpaired) electrons. The average Bonchev–Trinajstić information content (AvgIpc) is 2.38. The molecular weight excluding hydrogens is 242 g/mol. The molecule has 0 aliphatic carbocycles. The molecule has 1 aromatic rings. The van der Waals surface area contributed by atoms with Crippen LogP contribution in [0.4, 0.5) is 0 Å². The van der Waals surface area contributed by atoms with Crippen molar-refractivity contribution in [3.8, 4) is 11.5 Å². The number of ketones is 1. The Labute approximate surface area is 114 Å². The highest BCUT2D eigenvalue weighted by Gasteiger charge is 2.22. The summed E-state index contributed by atoms with van der Waals surface area (Å²) in [7, 11) is 4.12. The van der Waals surface area contributed by atoms with Crippen molar-refractivity contribution in [1.29, 1.82) is 0 Å². The van der Waals surface area contributed by atoms with Crippen LogP contribution in [0.5, 0.6) is 11.5 Å². The van der Waals surface area contributed by atoms with Crippen molar-refractivity contribution >= 4 is 5.78 Å². The number of benzene rings is 1. The van der Waals surface area contributed by atoms with Gasteiger partial charge in [-0.2, -0.15) is 0 Å². The summed E-state index contributed by atoms with van der Waals surface area (Å²) in [4.78, 5) is 14.1. The molecule has 0 saturated heterocycles. The van der Waals surface area contributed by atoms with Crippen molar-refractivity contribution in [1.82, 2.24) is 4.90 Å². The topological polar surface area (TPSA) is 38.8 Å². The fourth-order valence-corrected chi connectivity index (χ4v) is 2.12. The number of hydrogen-bond acceptors (Lipinski definition) is 4. The lowest BCUT2D eigenvalue weighted by molar-refractivity contribution is 0.0928. The second-order valence-corrected chi connectivity index (χ2v) is 5.01. The van der Waals surface area contributed by atoms with Crippen LogP contribution in [-0.4, -0.2) is 44.5 Å². The second kappa shape index (κ2) is 6.57. The molecule has 0 fully saturated rings. The molecule has 1 aromatic carbocycles. The van der Waals surface area contributed by atoms with Crippen LogP contribution in [0, 0.1) is 0 Å². The number of unbranched alkanes of at least 4 members (excludes halogenated alkanes) is 1. The Bertz CT molecular complexity index is 443. The van der Waals surface area contributed by atoms with Crippen LogP contribution < -0.4 is 9.47 Å². The summed E-state index contributed by atoms with van der Waals surface area (Å²) in [6.45, 7) is 2.16. The summed E-state index contributed by atoms with van der Waals surface area (Å²) in [6.07, 6.45) is 2.51. The SMILES string of the molecule is CN(C)CCCCOc1cccc2c1C(=O)CCO2. The molecule has 1 heterocycles. The van der Waals surface area contributed by atoms with Crippen LogP contribution in [-0.2, 0) is 0 Å². The molecule has 0 unspecified atom stereocenters. The van der Waals surface area contributed by atoms with E-state index in [2.05, 4.69) is 19.0 Å². The zero-order chi connectivity index (χ0) is 13.7. The molecule has 0 N–H and O–H groups in total. The molecule has 19 heavy (non-hydrogen) atoms. The summed E-state index contributed by atoms with van der Waals surface area (Å²) < 4.78 is 11.2. The van der Waals surface area contributed by atoms with Gasteiger partial charge in [0.25, 0.3) is 0 Å². The highest BCUT2D eigenvalue weighted by molar-refractivity contribution is 6.02. The Hall–Kier alpha value is -1.55. The van der Waals surface area contributed by atoms with Crippen LogP contribution in [0.2, 0.25) is 0 Å². The minimum Gasteiger partial charge on any atom is -0.493 e. The molecule has 0 spiro atoms. The predicted octanol–water partition coefficient (Wildman–Crippen LogP) is 2.37. The van der Waals surface area contributed by atoms with E-state index in [1.807, 2.05) is 18.2 Å². The van der Waals surface area contributed by atoms with Gasteiger partial charge in [0.15, 0.2) is 5.78 Å². The quantitative estimate of drug-likeness (QED) is 0.739. The second-order valence-electron chi connectivity index (χ2n) is 5.01. The molecule has 0 amide bonds. The lowest BCUT2D eigenvalue weighted by Crippen LogP contribution is -2.17. The van der Waals surface area contributed by atoms with E-state index in [1.54, 1.807) is 0 Å². The summed E-state index contributed by atoms with van der Waals surface area (Å²) in [5.41, 5.74) is 0.612. The number of carbonyl (C=O) groups excluding carboxylic acids is 1. The first-order valence-electron chi connectivity index (χ1n) is 6.75. The van der Waals surface area contributed by atoms with Gasteiger partial charge in [-0.05, 0) is 45.6 Å². The molecule has 1 aliphatic heterocycles. The van der Waals surface area contributed by atoms with Crippen LogP contribution in [0.15, 0.2) is 18.2 Å². The van der Waals surface area contributed by atoms with Crippen LogP contribution in [0.1, 0.15) is 29.6 Å². The third-order valence-corrected chi connectivity index (χ3v) is 3.11. The first kappa shape index (κ1) is 13.9. The Kier molecular flexibility index (Phi) is 4.80. The van der Waals surface area contributed by atoms with Crippen molar-refractivity contribution in [3.05, 3.63) is 23.8 Å². The van der Waals surface area contributed by atoms with Gasteiger partial charge in [0.05, 0.1) is 13.2 Å². The zero-order valence-corrected chi connectivity index (χ0v) is 11.6. The summed E-state index contributed by atoms with van der Waals surface area (Å²) in [5.74, 6) is 1.43. The summed E-state index contributed by atoms with van der Waals surface area (Å²) in [6, 6.07) is 5.54. The maximum Gasteiger partial charge on any atom is 0.173 e. The van der Waals surface area contributed by atoms with E-state index in [4.69, 9.17) is 9.47 Å². The normalized spacial score (nSPS) is 14.2. The molecule has 2 rings (SSSR count). The fraction of sp³-hybridized carbons (Fsp3) is 0.533. The van der Waals surface area contributed by atoms with E-state index >= 15 is 0 Å². The molecule has 1 aliphatic rings. The minimum absolute atomic E-state index is 0.116. The van der Waals surface area contributed by atoms with Crippen LogP contribution in [0.3, 0.4) is 0 Å². The Morgan fingerprint density at radius 1 is 1.32 bits per heavy atom. The molecule has 0 saturated carbocycles. The average molecular weight is 263 g/mol. The molecule has 104 valence electrons. The lowest BCUT2D eigenvalue weighted by Gasteiger charge is -2.19. The number of rotatable bonds is 6. The van der Waals surface area contributed by atoms with E-state index in [1.165, 1.54) is 0 Å². The summed E-state index contributed by atoms with van der Waals surface area (Å²) >= 11 is 0. The Morgan fingerprint density at radius 2 is 2.16 bits per heavy atom. The van der Waals surface area contributed by atoms with Crippen molar-refractivity contribution in [2.24, 2.45) is 0 Å². The van der Waals surface area contributed by atoms with Gasteiger partial charge in [0.1, 0.15) is 17.1 Å². The van der Waals surface area contributed by atoms with Gasteiger partial charge in [0.2, 0.25) is 0 Å². The van der Waals surface area contributed by atoms with E-state index in [0.717, 1.165) is 19.4 Å². The molecule has 4 heteroatoms. The Balaban J connectivity index is 1.92. The van der Waals surface area contributed by atoms with E-state index in [-0.39, 0.29) is 5.78 Å². The third-order valence-electron chi connectivity index (χ3n) is 3.11.